The van der Waals surface area contributed by atoms with Crippen LogP contribution >= 0.6 is 0 Å². The molecule has 0 N–H and O–H groups in total. The van der Waals surface area contributed by atoms with Crippen LogP contribution < -0.4 is 20.7 Å². The van der Waals surface area contributed by atoms with Crippen molar-refractivity contribution in [3.05, 3.63) is 291 Å². The third-order valence-electron chi connectivity index (χ3n) is 15.9. The van der Waals surface area contributed by atoms with E-state index in [9.17, 15) is 0 Å². The Morgan fingerprint density at radius 1 is 0.208 bits per heavy atom. The second-order valence-electron chi connectivity index (χ2n) is 19.8. The molecule has 77 heavy (non-hydrogen) atoms. The smallest absolute Gasteiger partial charge is 0.179 e. The van der Waals surface area contributed by atoms with Gasteiger partial charge in [-0.15, -0.1) is 0 Å². The van der Waals surface area contributed by atoms with E-state index in [1.807, 2.05) is 146 Å². The molecular weight excluding hydrogens is 949 g/mol. The Morgan fingerprint density at radius 2 is 0.416 bits per heavy atom. The fourth-order valence-electron chi connectivity index (χ4n) is 12.8. The largest absolute Gasteiger partial charge is 0.309 e. The van der Waals surface area contributed by atoms with Crippen molar-refractivity contribution in [3.63, 3.8) is 0 Å². The third-order valence-corrected chi connectivity index (χ3v) is 20.6. The molecule has 0 bridgehead atoms. The highest BCUT2D eigenvalue weighted by Crippen LogP contribution is 2.38. The van der Waals surface area contributed by atoms with Crippen molar-refractivity contribution < 1.29 is 11.0 Å². The van der Waals surface area contributed by atoms with Crippen LogP contribution in [-0.4, -0.2) is 26.3 Å². The summed E-state index contributed by atoms with van der Waals surface area (Å²) in [5, 5.41) is 11.2. The van der Waals surface area contributed by atoms with E-state index < -0.39 is 8.07 Å². The molecule has 0 atom stereocenters. The molecule has 16 rings (SSSR count). The minimum Gasteiger partial charge on any atom is -0.309 e. The maximum atomic E-state index is 8.87. The molecule has 0 unspecified atom stereocenters. The van der Waals surface area contributed by atoms with E-state index in [0.717, 1.165) is 131 Å². The average molecular weight is 1010 g/mol. The molecule has 0 saturated carbocycles. The molecule has 0 spiro atoms. The summed E-state index contributed by atoms with van der Waals surface area (Å²) >= 11 is 0. The van der Waals surface area contributed by atoms with Crippen molar-refractivity contribution >= 4 is 116 Å². The van der Waals surface area contributed by atoms with E-state index in [4.69, 9.17) is 11.0 Å². The summed E-state index contributed by atoms with van der Waals surface area (Å²) in [4.78, 5) is 0. The summed E-state index contributed by atoms with van der Waals surface area (Å²) < 4.78 is 80.0. The van der Waals surface area contributed by atoms with Gasteiger partial charge in [0.25, 0.3) is 0 Å². The van der Waals surface area contributed by atoms with E-state index in [-0.39, 0.29) is 0 Å². The van der Waals surface area contributed by atoms with Crippen LogP contribution in [-0.2, 0) is 0 Å². The third kappa shape index (κ3) is 6.38. The normalized spacial score (nSPS) is 13.6. The molecule has 0 amide bonds. The Balaban J connectivity index is 1.12. The zero-order valence-corrected chi connectivity index (χ0v) is 42.4. The van der Waals surface area contributed by atoms with Gasteiger partial charge in [-0.3, -0.25) is 0 Å². The molecular formula is C72H48N4Si. The number of aromatic nitrogens is 4. The van der Waals surface area contributed by atoms with E-state index in [2.05, 4.69) is 115 Å². The molecule has 5 heteroatoms. The molecule has 0 fully saturated rings. The summed E-state index contributed by atoms with van der Waals surface area (Å²) in [6, 6.07) is 84.1. The van der Waals surface area contributed by atoms with E-state index in [0.29, 0.717) is 48.3 Å². The minimum atomic E-state index is -3.78. The number of rotatable bonds is 8. The number of fused-ring (bicyclic) bond motifs is 12. The highest BCUT2D eigenvalue weighted by molar-refractivity contribution is 7.20. The lowest BCUT2D eigenvalue weighted by atomic mass is 10.2. The van der Waals surface area contributed by atoms with E-state index in [1.165, 1.54) is 0 Å². The Morgan fingerprint density at radius 3 is 0.623 bits per heavy atom. The molecule has 4 heterocycles. The maximum absolute atomic E-state index is 8.87. The maximum Gasteiger partial charge on any atom is 0.179 e. The minimum absolute atomic E-state index is 0.367. The van der Waals surface area contributed by atoms with Gasteiger partial charge in [-0.05, 0) is 106 Å². The second-order valence-corrected chi connectivity index (χ2v) is 23.7. The van der Waals surface area contributed by atoms with Gasteiger partial charge < -0.3 is 18.3 Å². The number of benzene rings is 12. The average Bonchev–Trinajstić information content (AvgIpc) is 2.22. The molecule has 0 aliphatic heterocycles. The van der Waals surface area contributed by atoms with Crippen molar-refractivity contribution in [1.82, 2.24) is 18.3 Å². The Bertz CT molecular complexity index is 4630. The first-order chi connectivity index (χ1) is 41.4. The molecule has 16 aromatic rings. The van der Waals surface area contributed by atoms with E-state index >= 15 is 0 Å². The number of hydrogen-bond acceptors (Lipinski definition) is 0. The lowest BCUT2D eigenvalue weighted by molar-refractivity contribution is 1.14. The fraction of sp³-hybridized carbons (Fsp3) is 0. The van der Waals surface area contributed by atoms with Gasteiger partial charge >= 0.3 is 0 Å². The van der Waals surface area contributed by atoms with Crippen LogP contribution in [0.15, 0.2) is 291 Å². The van der Waals surface area contributed by atoms with Crippen molar-refractivity contribution in [1.29, 1.82) is 0 Å². The zero-order valence-electron chi connectivity index (χ0n) is 49.4. The van der Waals surface area contributed by atoms with Crippen LogP contribution in [0.1, 0.15) is 11.0 Å². The van der Waals surface area contributed by atoms with Gasteiger partial charge in [0.05, 0.1) is 55.1 Å². The molecule has 0 aliphatic rings. The lowest BCUT2D eigenvalue weighted by Gasteiger charge is -2.36. The van der Waals surface area contributed by atoms with Gasteiger partial charge in [-0.25, -0.2) is 0 Å². The standard InChI is InChI=1S/C72H48N4Si/c1-3-23-53(24-4-1)77(54-25-5-2-6-26-54,55-45-49(73-65-35-15-7-27-57(65)58-28-8-16-36-66(58)73)43-50(46-55)74-67-37-17-9-29-59(67)60-30-10-18-38-68(60)74)56-47-51(75-69-39-19-11-31-61(69)62-32-12-20-40-70(62)75)44-52(48-56)76-71-41-21-13-33-63(71)64-34-14-22-42-72(64)76/h1-48H/i7D,8D,9D,10D,11D,12D,13D,14D. The van der Waals surface area contributed by atoms with Crippen molar-refractivity contribution in [2.24, 2.45) is 0 Å². The van der Waals surface area contributed by atoms with Gasteiger partial charge in [0.15, 0.2) is 8.07 Å². The Hall–Kier alpha value is -9.94. The van der Waals surface area contributed by atoms with Crippen molar-refractivity contribution in [3.8, 4) is 22.7 Å². The second kappa shape index (κ2) is 17.0. The monoisotopic (exact) mass is 1000 g/mol. The van der Waals surface area contributed by atoms with Crippen molar-refractivity contribution in [2.75, 3.05) is 0 Å². The van der Waals surface area contributed by atoms with Crippen LogP contribution in [0.2, 0.25) is 0 Å². The molecule has 0 radical (unpaired) electrons. The summed E-state index contributed by atoms with van der Waals surface area (Å²) in [6.07, 6.45) is 0. The van der Waals surface area contributed by atoms with Gasteiger partial charge in [0, 0.05) is 65.8 Å². The Labute approximate surface area is 457 Å². The molecule has 0 saturated heterocycles. The van der Waals surface area contributed by atoms with Crippen LogP contribution in [0.25, 0.3) is 110 Å². The number of para-hydroxylation sites is 8. The highest BCUT2D eigenvalue weighted by Gasteiger charge is 2.43. The molecule has 12 aromatic carbocycles. The highest BCUT2D eigenvalue weighted by atomic mass is 28.3. The first kappa shape index (κ1) is 36.1. The van der Waals surface area contributed by atoms with Crippen LogP contribution in [0.5, 0.6) is 0 Å². The van der Waals surface area contributed by atoms with Gasteiger partial charge in [-0.1, -0.05) is 206 Å². The van der Waals surface area contributed by atoms with Crippen LogP contribution in [0.3, 0.4) is 0 Å². The summed E-state index contributed by atoms with van der Waals surface area (Å²) in [5.41, 5.74) is 10.5. The van der Waals surface area contributed by atoms with Gasteiger partial charge in [0.2, 0.25) is 0 Å². The van der Waals surface area contributed by atoms with Gasteiger partial charge in [0.1, 0.15) is 0 Å². The van der Waals surface area contributed by atoms with Crippen LogP contribution in [0.4, 0.5) is 0 Å². The predicted octanol–water partition coefficient (Wildman–Crippen LogP) is 15.5. The summed E-state index contributed by atoms with van der Waals surface area (Å²) in [7, 11) is -3.78. The first-order valence-corrected chi connectivity index (χ1v) is 27.9. The topological polar surface area (TPSA) is 19.7 Å². The Kier molecular flexibility index (Phi) is 7.99. The summed E-state index contributed by atoms with van der Waals surface area (Å²) in [6.45, 7) is 0. The lowest BCUT2D eigenvalue weighted by Crippen LogP contribution is -2.75. The first-order valence-electron chi connectivity index (χ1n) is 29.9. The SMILES string of the molecule is [2H]c1ccc2c(c1)c1cc([2H])ccc1n2-c1cc(-n2c3ccc([2H])cc3c3cc([2H])ccc32)cc([Si](c2ccccc2)(c2ccccc2)c2cc(-n3c4ccc([2H])cc4c4cc([2H])ccc43)cc(-n3c4ccc([2H])cc4c4cc([2H])ccc43)c2)c1. The number of nitrogens with zero attached hydrogens (tertiary/aromatic N) is 4. The molecule has 4 nitrogen and oxygen atoms in total. The van der Waals surface area contributed by atoms with Gasteiger partial charge in [-0.2, -0.15) is 0 Å². The fourth-order valence-corrected chi connectivity index (χ4v) is 17.7. The molecule has 4 aromatic heterocycles. The quantitative estimate of drug-likeness (QED) is 0.107. The summed E-state index contributed by atoms with van der Waals surface area (Å²) in [5.74, 6) is 0. The zero-order chi connectivity index (χ0) is 57.6. The van der Waals surface area contributed by atoms with Crippen molar-refractivity contribution in [2.45, 2.75) is 0 Å². The molecule has 0 aliphatic carbocycles. The predicted molar refractivity (Wildman–Crippen MR) is 327 cm³/mol. The van der Waals surface area contributed by atoms with E-state index in [1.54, 1.807) is 0 Å². The molecule has 360 valence electrons. The van der Waals surface area contributed by atoms with Crippen LogP contribution in [0, 0.1) is 0 Å². The number of hydrogen-bond donors (Lipinski definition) is 0.